The highest BCUT2D eigenvalue weighted by atomic mass is 35.5. The Bertz CT molecular complexity index is 475. The van der Waals surface area contributed by atoms with E-state index in [1.807, 2.05) is 25.1 Å². The van der Waals surface area contributed by atoms with Gasteiger partial charge in [-0.15, -0.1) is 0 Å². The van der Waals surface area contributed by atoms with E-state index in [1.165, 1.54) is 22.9 Å². The lowest BCUT2D eigenvalue weighted by Gasteiger charge is -2.33. The van der Waals surface area contributed by atoms with Gasteiger partial charge in [0.25, 0.3) is 0 Å². The van der Waals surface area contributed by atoms with Crippen molar-refractivity contribution in [3.05, 3.63) is 46.5 Å². The van der Waals surface area contributed by atoms with Crippen LogP contribution in [0.4, 0.5) is 0 Å². The van der Waals surface area contributed by atoms with Gasteiger partial charge in [0.1, 0.15) is 0 Å². The predicted molar refractivity (Wildman–Crippen MR) is 83.2 cm³/mol. The zero-order chi connectivity index (χ0) is 13.7. The summed E-state index contributed by atoms with van der Waals surface area (Å²) in [6.07, 6.45) is 3.16. The third kappa shape index (κ3) is 3.85. The summed E-state index contributed by atoms with van der Waals surface area (Å²) in [5.41, 5.74) is 3.47. The van der Waals surface area contributed by atoms with Crippen LogP contribution in [0.1, 0.15) is 18.9 Å². The molecule has 0 radical (unpaired) electrons. The molecule has 1 heterocycles. The molecular weight excluding hydrogens is 278 g/mol. The third-order valence-corrected chi connectivity index (χ3v) is 4.82. The quantitative estimate of drug-likeness (QED) is 0.623. The van der Waals surface area contributed by atoms with E-state index in [0.29, 0.717) is 5.25 Å². The van der Waals surface area contributed by atoms with Crippen LogP contribution in [-0.2, 0) is 11.3 Å². The molecule has 1 aromatic rings. The Morgan fingerprint density at radius 3 is 2.95 bits per heavy atom. The lowest BCUT2D eigenvalue weighted by molar-refractivity contribution is 0.260. The highest BCUT2D eigenvalue weighted by Gasteiger charge is 2.23. The normalized spacial score (nSPS) is 22.6. The summed E-state index contributed by atoms with van der Waals surface area (Å²) in [6.45, 7) is 4.85. The fraction of sp³-hybridized carbons (Fsp3) is 0.400. The van der Waals surface area contributed by atoms with Crippen LogP contribution in [0.3, 0.4) is 0 Å². The topological polar surface area (TPSA) is 20.3 Å². The molecular formula is C15H18ClNOS. The van der Waals surface area contributed by atoms with Crippen molar-refractivity contribution < 1.29 is 4.79 Å². The lowest BCUT2D eigenvalue weighted by atomic mass is 10.0. The summed E-state index contributed by atoms with van der Waals surface area (Å²) >= 11 is 7.60. The molecule has 1 saturated heterocycles. The highest BCUT2D eigenvalue weighted by molar-refractivity contribution is 8.12. The number of rotatable bonds is 4. The first kappa shape index (κ1) is 14.6. The van der Waals surface area contributed by atoms with Gasteiger partial charge in [-0.3, -0.25) is 9.69 Å². The Morgan fingerprint density at radius 2 is 2.26 bits per heavy atom. The minimum absolute atomic E-state index is 0.352. The van der Waals surface area contributed by atoms with Crippen LogP contribution in [0.15, 0.2) is 35.9 Å². The minimum Gasteiger partial charge on any atom is -0.295 e. The van der Waals surface area contributed by atoms with Gasteiger partial charge in [-0.2, -0.15) is 0 Å². The molecule has 1 unspecified atom stereocenters. The largest absolute Gasteiger partial charge is 0.295 e. The Kier molecular flexibility index (Phi) is 5.49. The van der Waals surface area contributed by atoms with Crippen molar-refractivity contribution in [3.63, 3.8) is 0 Å². The van der Waals surface area contributed by atoms with E-state index in [-0.39, 0.29) is 0 Å². The van der Waals surface area contributed by atoms with Crippen molar-refractivity contribution in [2.75, 3.05) is 13.1 Å². The molecule has 0 spiro atoms. The Morgan fingerprint density at radius 1 is 1.47 bits per heavy atom. The second-order valence-corrected chi connectivity index (χ2v) is 6.12. The van der Waals surface area contributed by atoms with Crippen LogP contribution in [0, 0.1) is 0 Å². The predicted octanol–water partition coefficient (Wildman–Crippen LogP) is 3.78. The van der Waals surface area contributed by atoms with E-state index in [1.54, 1.807) is 0 Å². The van der Waals surface area contributed by atoms with Crippen LogP contribution in [0.2, 0.25) is 5.02 Å². The molecule has 0 N–H and O–H groups in total. The summed E-state index contributed by atoms with van der Waals surface area (Å²) in [4.78, 5) is 13.0. The van der Waals surface area contributed by atoms with E-state index in [2.05, 4.69) is 17.0 Å². The molecule has 4 heteroatoms. The van der Waals surface area contributed by atoms with Gasteiger partial charge < -0.3 is 0 Å². The molecule has 1 aliphatic rings. The number of hydrogen-bond donors (Lipinski definition) is 0. The lowest BCUT2D eigenvalue weighted by Crippen LogP contribution is -2.36. The first-order valence-corrected chi connectivity index (χ1v) is 7.76. The number of carbonyl (C=O) groups is 1. The molecule has 0 saturated carbocycles. The number of piperidine rings is 1. The summed E-state index contributed by atoms with van der Waals surface area (Å²) < 4.78 is 0. The van der Waals surface area contributed by atoms with Crippen LogP contribution >= 0.6 is 23.4 Å². The van der Waals surface area contributed by atoms with Crippen molar-refractivity contribution in [2.24, 2.45) is 0 Å². The van der Waals surface area contributed by atoms with Gasteiger partial charge in [0.2, 0.25) is 0 Å². The molecule has 1 fully saturated rings. The molecule has 0 aromatic heterocycles. The molecule has 1 atom stereocenters. The third-order valence-electron chi connectivity index (χ3n) is 3.47. The van der Waals surface area contributed by atoms with E-state index in [9.17, 15) is 4.79 Å². The smallest absolute Gasteiger partial charge is 0.176 e. The molecule has 19 heavy (non-hydrogen) atoms. The molecule has 1 aliphatic heterocycles. The van der Waals surface area contributed by atoms with Gasteiger partial charge in [0, 0.05) is 29.9 Å². The van der Waals surface area contributed by atoms with Crippen molar-refractivity contribution in [1.29, 1.82) is 0 Å². The minimum atomic E-state index is 0.352. The van der Waals surface area contributed by atoms with Gasteiger partial charge in [0.05, 0.1) is 0 Å². The maximum Gasteiger partial charge on any atom is 0.176 e. The molecule has 102 valence electrons. The average Bonchev–Trinajstić information content (AvgIpc) is 2.43. The highest BCUT2D eigenvalue weighted by Crippen LogP contribution is 2.28. The monoisotopic (exact) mass is 295 g/mol. The first-order chi connectivity index (χ1) is 9.24. The van der Waals surface area contributed by atoms with Gasteiger partial charge in [-0.05, 0) is 30.5 Å². The van der Waals surface area contributed by atoms with Crippen LogP contribution < -0.4 is 0 Å². The van der Waals surface area contributed by atoms with E-state index < -0.39 is 0 Å². The van der Waals surface area contributed by atoms with Gasteiger partial charge in [-0.25, -0.2) is 0 Å². The zero-order valence-electron chi connectivity index (χ0n) is 11.0. The molecule has 2 rings (SSSR count). The maximum atomic E-state index is 10.7. The summed E-state index contributed by atoms with van der Waals surface area (Å²) in [5.74, 6) is 0. The number of nitrogens with zero attached hydrogens (tertiary/aromatic N) is 1. The van der Waals surface area contributed by atoms with Crippen molar-refractivity contribution in [2.45, 2.75) is 25.1 Å². The van der Waals surface area contributed by atoms with E-state index in [4.69, 9.17) is 11.6 Å². The number of benzene rings is 1. The number of likely N-dealkylation sites (tertiary alicyclic amines) is 1. The molecule has 0 aliphatic carbocycles. The molecule has 0 amide bonds. The Hall–Kier alpha value is -0.770. The van der Waals surface area contributed by atoms with Crippen LogP contribution in [0.5, 0.6) is 0 Å². The summed E-state index contributed by atoms with van der Waals surface area (Å²) in [5, 5.41) is 1.18. The standard InChI is InChI=1S/C15H18ClNOS/c1-2-12-9-17(8-7-15(12)19-11-18)10-13-5-3-4-6-14(13)16/h2-6,11,15H,7-10H2,1H3/b12-2-. The second kappa shape index (κ2) is 7.13. The number of carbonyl (C=O) groups excluding carboxylic acids is 1. The SMILES string of the molecule is C/C=C1/CN(Cc2ccccc2Cl)CCC1SC=O. The number of hydrogen-bond acceptors (Lipinski definition) is 3. The molecule has 0 bridgehead atoms. The van der Waals surface area contributed by atoms with E-state index >= 15 is 0 Å². The summed E-state index contributed by atoms with van der Waals surface area (Å²) in [7, 11) is 0. The molecule has 2 nitrogen and oxygen atoms in total. The number of thioether (sulfide) groups is 1. The maximum absolute atomic E-state index is 10.7. The second-order valence-electron chi connectivity index (χ2n) is 4.68. The van der Waals surface area contributed by atoms with Gasteiger partial charge in [-0.1, -0.05) is 47.6 Å². The molecule has 1 aromatic carbocycles. The van der Waals surface area contributed by atoms with Crippen molar-refractivity contribution in [1.82, 2.24) is 4.90 Å². The number of allylic oxidation sites excluding steroid dienone is 1. The fourth-order valence-electron chi connectivity index (χ4n) is 2.43. The average molecular weight is 296 g/mol. The van der Waals surface area contributed by atoms with Gasteiger partial charge >= 0.3 is 0 Å². The van der Waals surface area contributed by atoms with Crippen LogP contribution in [-0.4, -0.2) is 28.9 Å². The van der Waals surface area contributed by atoms with E-state index in [0.717, 1.165) is 36.7 Å². The number of halogens is 1. The fourth-order valence-corrected chi connectivity index (χ4v) is 3.38. The Labute approximate surface area is 123 Å². The van der Waals surface area contributed by atoms with Gasteiger partial charge in [0.15, 0.2) is 5.62 Å². The Balaban J connectivity index is 2.01. The van der Waals surface area contributed by atoms with Crippen molar-refractivity contribution in [3.8, 4) is 0 Å². The summed E-state index contributed by atoms with van der Waals surface area (Å²) in [6, 6.07) is 7.98. The van der Waals surface area contributed by atoms with Crippen molar-refractivity contribution >= 4 is 29.0 Å². The first-order valence-electron chi connectivity index (χ1n) is 6.44. The van der Waals surface area contributed by atoms with Crippen LogP contribution in [0.25, 0.3) is 0 Å². The zero-order valence-corrected chi connectivity index (χ0v) is 12.6.